The van der Waals surface area contributed by atoms with Gasteiger partial charge in [-0.15, -0.1) is 0 Å². The monoisotopic (exact) mass is 170 g/mol. The first-order valence-corrected chi connectivity index (χ1v) is 3.61. The number of hydrogen-bond acceptors (Lipinski definition) is 3. The molecule has 0 saturated carbocycles. The van der Waals surface area contributed by atoms with E-state index >= 15 is 0 Å². The van der Waals surface area contributed by atoms with Crippen molar-refractivity contribution in [2.45, 2.75) is 0 Å². The number of nitrogens with zero attached hydrogens (tertiary/aromatic N) is 2. The van der Waals surface area contributed by atoms with Crippen molar-refractivity contribution in [1.82, 2.24) is 0 Å². The minimum Gasteiger partial charge on any atom is -0.211 e. The summed E-state index contributed by atoms with van der Waals surface area (Å²) in [5.74, 6) is 0. The predicted octanol–water partition coefficient (Wildman–Crippen LogP) is 1.86. The maximum Gasteiger partial charge on any atom is 0.239 e. The number of isocyanates is 1. The molecule has 62 valence electrons. The zero-order valence-corrected chi connectivity index (χ0v) is 6.77. The third-order valence-corrected chi connectivity index (χ3v) is 1.46. The smallest absolute Gasteiger partial charge is 0.211 e. The molecule has 0 bridgehead atoms. The molecule has 3 heteroatoms. The Morgan fingerprint density at radius 3 is 2.85 bits per heavy atom. The number of hydrogen-bond donors (Lipinski definition) is 0. The van der Waals surface area contributed by atoms with Crippen molar-refractivity contribution in [2.24, 2.45) is 4.99 Å². The van der Waals surface area contributed by atoms with Gasteiger partial charge >= 0.3 is 0 Å². The molecule has 0 saturated heterocycles. The Morgan fingerprint density at radius 1 is 1.38 bits per heavy atom. The number of nitriles is 1. The second-order valence-electron chi connectivity index (χ2n) is 2.24. The molecule has 0 aromatic heterocycles. The van der Waals surface area contributed by atoms with Crippen LogP contribution in [0, 0.1) is 11.3 Å². The second kappa shape index (κ2) is 4.66. The van der Waals surface area contributed by atoms with Gasteiger partial charge in [-0.3, -0.25) is 0 Å². The highest BCUT2D eigenvalue weighted by Crippen LogP contribution is 2.08. The standard InChI is InChI=1S/C10H6N2O/c11-7-10-4-2-1-3-9(10)5-6-12-8-13/h1-6H/b6-5+. The highest BCUT2D eigenvalue weighted by atomic mass is 16.1. The summed E-state index contributed by atoms with van der Waals surface area (Å²) in [7, 11) is 0. The molecule has 0 amide bonds. The normalized spacial score (nSPS) is 9.15. The number of aliphatic imine (C=N–C) groups is 1. The van der Waals surface area contributed by atoms with Crippen LogP contribution < -0.4 is 0 Å². The van der Waals surface area contributed by atoms with E-state index < -0.39 is 0 Å². The molecular formula is C10H6N2O. The fourth-order valence-corrected chi connectivity index (χ4v) is 0.892. The molecule has 0 N–H and O–H groups in total. The van der Waals surface area contributed by atoms with Gasteiger partial charge in [0.25, 0.3) is 0 Å². The first-order valence-electron chi connectivity index (χ1n) is 3.61. The van der Waals surface area contributed by atoms with Crippen LogP contribution in [0.1, 0.15) is 11.1 Å². The summed E-state index contributed by atoms with van der Waals surface area (Å²) in [6.07, 6.45) is 4.28. The molecule has 0 atom stereocenters. The molecule has 0 heterocycles. The molecule has 0 aliphatic rings. The zero-order valence-electron chi connectivity index (χ0n) is 6.77. The van der Waals surface area contributed by atoms with Crippen LogP contribution in [0.25, 0.3) is 6.08 Å². The fourth-order valence-electron chi connectivity index (χ4n) is 0.892. The molecule has 1 aromatic carbocycles. The third kappa shape index (κ3) is 2.41. The van der Waals surface area contributed by atoms with E-state index in [1.807, 2.05) is 12.1 Å². The average Bonchev–Trinajstić information content (AvgIpc) is 2.19. The van der Waals surface area contributed by atoms with Crippen LogP contribution in [0.4, 0.5) is 0 Å². The van der Waals surface area contributed by atoms with Crippen molar-refractivity contribution >= 4 is 12.2 Å². The van der Waals surface area contributed by atoms with Crippen molar-refractivity contribution in [2.75, 3.05) is 0 Å². The van der Waals surface area contributed by atoms with Gasteiger partial charge in [0.05, 0.1) is 11.6 Å². The van der Waals surface area contributed by atoms with Crippen molar-refractivity contribution in [3.63, 3.8) is 0 Å². The second-order valence-corrected chi connectivity index (χ2v) is 2.24. The Labute approximate surface area is 75.7 Å². The summed E-state index contributed by atoms with van der Waals surface area (Å²) >= 11 is 0. The van der Waals surface area contributed by atoms with Crippen molar-refractivity contribution in [3.8, 4) is 6.07 Å². The maximum atomic E-state index is 9.74. The lowest BCUT2D eigenvalue weighted by atomic mass is 10.1. The Bertz CT molecular complexity index is 409. The van der Waals surface area contributed by atoms with Crippen LogP contribution in [0.5, 0.6) is 0 Å². The minimum atomic E-state index is 0.555. The van der Waals surface area contributed by atoms with E-state index in [1.165, 1.54) is 12.3 Å². The van der Waals surface area contributed by atoms with Gasteiger partial charge in [0, 0.05) is 6.20 Å². The predicted molar refractivity (Wildman–Crippen MR) is 48.3 cm³/mol. The van der Waals surface area contributed by atoms with Gasteiger partial charge in [0.1, 0.15) is 0 Å². The minimum absolute atomic E-state index is 0.555. The fraction of sp³-hybridized carbons (Fsp3) is 0. The summed E-state index contributed by atoms with van der Waals surface area (Å²) in [6, 6.07) is 9.09. The summed E-state index contributed by atoms with van der Waals surface area (Å²) in [6.45, 7) is 0. The SMILES string of the molecule is N#Cc1ccccc1/C=C/N=C=O. The van der Waals surface area contributed by atoms with Crippen LogP contribution in [0.3, 0.4) is 0 Å². The van der Waals surface area contributed by atoms with Crippen LogP contribution >= 0.6 is 0 Å². The summed E-state index contributed by atoms with van der Waals surface area (Å²) < 4.78 is 0. The molecule has 1 aromatic rings. The highest BCUT2D eigenvalue weighted by molar-refractivity contribution is 5.58. The molecule has 0 spiro atoms. The molecule has 13 heavy (non-hydrogen) atoms. The van der Waals surface area contributed by atoms with E-state index in [0.717, 1.165) is 5.56 Å². The topological polar surface area (TPSA) is 53.2 Å². The van der Waals surface area contributed by atoms with Crippen molar-refractivity contribution in [3.05, 3.63) is 41.6 Å². The highest BCUT2D eigenvalue weighted by Gasteiger charge is 1.94. The molecule has 3 nitrogen and oxygen atoms in total. The van der Waals surface area contributed by atoms with Crippen LogP contribution in [-0.2, 0) is 4.79 Å². The Balaban J connectivity index is 3.01. The third-order valence-electron chi connectivity index (χ3n) is 1.46. The molecule has 0 unspecified atom stereocenters. The summed E-state index contributed by atoms with van der Waals surface area (Å²) in [4.78, 5) is 13.0. The summed E-state index contributed by atoms with van der Waals surface area (Å²) in [5, 5.41) is 8.68. The van der Waals surface area contributed by atoms with Crippen LogP contribution in [0.15, 0.2) is 35.5 Å². The number of rotatable bonds is 2. The Hall–Kier alpha value is -2.17. The maximum absolute atomic E-state index is 9.74. The van der Waals surface area contributed by atoms with Gasteiger partial charge < -0.3 is 0 Å². The van der Waals surface area contributed by atoms with Crippen molar-refractivity contribution in [1.29, 1.82) is 5.26 Å². The summed E-state index contributed by atoms with van der Waals surface area (Å²) in [5.41, 5.74) is 1.30. The Kier molecular flexibility index (Phi) is 3.20. The van der Waals surface area contributed by atoms with Crippen LogP contribution in [-0.4, -0.2) is 6.08 Å². The van der Waals surface area contributed by atoms with E-state index in [4.69, 9.17) is 5.26 Å². The molecule has 0 aliphatic carbocycles. The van der Waals surface area contributed by atoms with Gasteiger partial charge in [-0.05, 0) is 17.7 Å². The first kappa shape index (κ1) is 8.92. The lowest BCUT2D eigenvalue weighted by Crippen LogP contribution is -1.78. The first-order chi connectivity index (χ1) is 6.38. The van der Waals surface area contributed by atoms with Gasteiger partial charge in [-0.2, -0.15) is 10.3 Å². The lowest BCUT2D eigenvalue weighted by molar-refractivity contribution is 0.565. The molecule has 1 rings (SSSR count). The zero-order chi connectivity index (χ0) is 9.52. The van der Waals surface area contributed by atoms with E-state index in [2.05, 4.69) is 4.99 Å². The Morgan fingerprint density at radius 2 is 2.15 bits per heavy atom. The molecule has 0 aliphatic heterocycles. The average molecular weight is 170 g/mol. The van der Waals surface area contributed by atoms with Gasteiger partial charge in [-0.1, -0.05) is 18.2 Å². The molecular weight excluding hydrogens is 164 g/mol. The number of benzene rings is 1. The molecule has 0 radical (unpaired) electrons. The molecule has 0 fully saturated rings. The van der Waals surface area contributed by atoms with Gasteiger partial charge in [0.2, 0.25) is 6.08 Å². The van der Waals surface area contributed by atoms with Crippen LogP contribution in [0.2, 0.25) is 0 Å². The van der Waals surface area contributed by atoms with E-state index in [0.29, 0.717) is 5.56 Å². The van der Waals surface area contributed by atoms with E-state index in [-0.39, 0.29) is 0 Å². The van der Waals surface area contributed by atoms with Gasteiger partial charge in [0.15, 0.2) is 0 Å². The van der Waals surface area contributed by atoms with Gasteiger partial charge in [-0.25, -0.2) is 4.79 Å². The number of carbonyl (C=O) groups excluding carboxylic acids is 1. The largest absolute Gasteiger partial charge is 0.239 e. The van der Waals surface area contributed by atoms with E-state index in [9.17, 15) is 4.79 Å². The lowest BCUT2D eigenvalue weighted by Gasteiger charge is -1.93. The quantitative estimate of drug-likeness (QED) is 0.502. The van der Waals surface area contributed by atoms with E-state index in [1.54, 1.807) is 24.3 Å². The van der Waals surface area contributed by atoms with Crippen molar-refractivity contribution < 1.29 is 4.79 Å².